The summed E-state index contributed by atoms with van der Waals surface area (Å²) < 4.78 is 17.3. The Morgan fingerprint density at radius 1 is 0.906 bits per heavy atom. The minimum absolute atomic E-state index is 0.245. The Morgan fingerprint density at radius 3 is 2.31 bits per heavy atom. The molecule has 4 rings (SSSR count). The van der Waals surface area contributed by atoms with E-state index in [1.807, 2.05) is 24.3 Å². The topological polar surface area (TPSA) is 34.2 Å². The van der Waals surface area contributed by atoms with Gasteiger partial charge in [-0.15, -0.1) is 0 Å². The summed E-state index contributed by atoms with van der Waals surface area (Å²) in [5.41, 5.74) is 3.67. The third-order valence-electron chi connectivity index (χ3n) is 5.76. The lowest BCUT2D eigenvalue weighted by Gasteiger charge is -2.39. The van der Waals surface area contributed by atoms with Crippen LogP contribution in [-0.2, 0) is 13.0 Å². The van der Waals surface area contributed by atoms with Crippen molar-refractivity contribution in [2.24, 2.45) is 0 Å². The second kappa shape index (κ2) is 10.4. The SMILES string of the molecule is COc1ccc(C[C@H]2COc3ccccc3N2Cc2ccc(OCCN(C)C)cc2)cc1. The lowest BCUT2D eigenvalue weighted by Crippen LogP contribution is -2.44. The van der Waals surface area contributed by atoms with Gasteiger partial charge in [0.05, 0.1) is 18.8 Å². The molecule has 0 aromatic heterocycles. The van der Waals surface area contributed by atoms with Gasteiger partial charge in [0.25, 0.3) is 0 Å². The number of hydrogen-bond donors (Lipinski definition) is 0. The van der Waals surface area contributed by atoms with Crippen LogP contribution in [0.5, 0.6) is 17.2 Å². The van der Waals surface area contributed by atoms with Crippen LogP contribution >= 0.6 is 0 Å². The average molecular weight is 433 g/mol. The molecule has 168 valence electrons. The first-order valence-corrected chi connectivity index (χ1v) is 11.1. The zero-order valence-corrected chi connectivity index (χ0v) is 19.2. The number of anilines is 1. The van der Waals surface area contributed by atoms with E-state index in [0.717, 1.165) is 42.4 Å². The monoisotopic (exact) mass is 432 g/mol. The van der Waals surface area contributed by atoms with Crippen molar-refractivity contribution in [2.45, 2.75) is 19.0 Å². The number of nitrogens with zero attached hydrogens (tertiary/aromatic N) is 2. The molecular formula is C27H32N2O3. The Labute approximate surface area is 191 Å². The molecule has 0 aliphatic carbocycles. The van der Waals surface area contributed by atoms with Gasteiger partial charge in [0.15, 0.2) is 0 Å². The maximum absolute atomic E-state index is 6.11. The minimum atomic E-state index is 0.245. The number of methoxy groups -OCH3 is 1. The molecule has 0 fully saturated rings. The van der Waals surface area contributed by atoms with Crippen LogP contribution in [0.3, 0.4) is 0 Å². The number of benzene rings is 3. The Balaban J connectivity index is 1.49. The van der Waals surface area contributed by atoms with Crippen molar-refractivity contribution >= 4 is 5.69 Å². The molecule has 1 aliphatic rings. The third-order valence-corrected chi connectivity index (χ3v) is 5.76. The van der Waals surface area contributed by atoms with E-state index in [2.05, 4.69) is 72.4 Å². The van der Waals surface area contributed by atoms with Gasteiger partial charge >= 0.3 is 0 Å². The van der Waals surface area contributed by atoms with E-state index >= 15 is 0 Å². The molecule has 0 saturated carbocycles. The molecule has 5 nitrogen and oxygen atoms in total. The van der Waals surface area contributed by atoms with E-state index in [9.17, 15) is 0 Å². The molecule has 0 spiro atoms. The van der Waals surface area contributed by atoms with Crippen LogP contribution in [0, 0.1) is 0 Å². The van der Waals surface area contributed by atoms with Gasteiger partial charge in [-0.05, 0) is 68.0 Å². The number of fused-ring (bicyclic) bond motifs is 1. The molecule has 0 radical (unpaired) electrons. The zero-order valence-electron chi connectivity index (χ0n) is 19.2. The molecule has 0 saturated heterocycles. The molecule has 3 aromatic carbocycles. The fourth-order valence-corrected chi connectivity index (χ4v) is 3.94. The third kappa shape index (κ3) is 5.54. The standard InChI is InChI=1S/C27H32N2O3/c1-28(2)16-17-31-25-14-10-22(11-15-25)19-29-23(18-21-8-12-24(30-3)13-9-21)20-32-27-7-5-4-6-26(27)29/h4-15,23H,16-20H2,1-3H3/t23-/m0/s1. The molecule has 0 N–H and O–H groups in total. The van der Waals surface area contributed by atoms with Gasteiger partial charge in [-0.25, -0.2) is 0 Å². The van der Waals surface area contributed by atoms with Crippen molar-refractivity contribution in [1.82, 2.24) is 4.90 Å². The maximum atomic E-state index is 6.11. The molecule has 3 aromatic rings. The number of likely N-dealkylation sites (N-methyl/N-ethyl adjacent to an activating group) is 1. The first-order valence-electron chi connectivity index (χ1n) is 11.1. The van der Waals surface area contributed by atoms with Crippen molar-refractivity contribution in [3.05, 3.63) is 83.9 Å². The van der Waals surface area contributed by atoms with Gasteiger partial charge in [0.1, 0.15) is 30.5 Å². The van der Waals surface area contributed by atoms with E-state index in [0.29, 0.717) is 13.2 Å². The highest BCUT2D eigenvalue weighted by Crippen LogP contribution is 2.35. The fraction of sp³-hybridized carbons (Fsp3) is 0.333. The van der Waals surface area contributed by atoms with Crippen LogP contribution in [0.15, 0.2) is 72.8 Å². The van der Waals surface area contributed by atoms with E-state index in [1.165, 1.54) is 11.1 Å². The van der Waals surface area contributed by atoms with Crippen LogP contribution < -0.4 is 19.1 Å². The summed E-state index contributed by atoms with van der Waals surface area (Å²) in [7, 11) is 5.80. The predicted molar refractivity (Wildman–Crippen MR) is 129 cm³/mol. The van der Waals surface area contributed by atoms with Gasteiger partial charge in [0.2, 0.25) is 0 Å². The van der Waals surface area contributed by atoms with E-state index in [1.54, 1.807) is 7.11 Å². The molecule has 0 amide bonds. The van der Waals surface area contributed by atoms with Gasteiger partial charge in [-0.2, -0.15) is 0 Å². The van der Waals surface area contributed by atoms with Crippen molar-refractivity contribution in [2.75, 3.05) is 45.9 Å². The van der Waals surface area contributed by atoms with E-state index in [4.69, 9.17) is 14.2 Å². The fourth-order valence-electron chi connectivity index (χ4n) is 3.94. The molecule has 1 heterocycles. The zero-order chi connectivity index (χ0) is 22.3. The van der Waals surface area contributed by atoms with Crippen LogP contribution in [0.2, 0.25) is 0 Å². The Hall–Kier alpha value is -3.18. The number of hydrogen-bond acceptors (Lipinski definition) is 5. The molecule has 1 atom stereocenters. The molecular weight excluding hydrogens is 400 g/mol. The molecule has 0 unspecified atom stereocenters. The Bertz CT molecular complexity index is 987. The van der Waals surface area contributed by atoms with Gasteiger partial charge in [0, 0.05) is 13.1 Å². The van der Waals surface area contributed by atoms with E-state index < -0.39 is 0 Å². The Morgan fingerprint density at radius 2 is 1.59 bits per heavy atom. The predicted octanol–water partition coefficient (Wildman–Crippen LogP) is 4.65. The molecule has 5 heteroatoms. The summed E-state index contributed by atoms with van der Waals surface area (Å²) in [5, 5.41) is 0. The summed E-state index contributed by atoms with van der Waals surface area (Å²) in [5.74, 6) is 2.73. The van der Waals surface area contributed by atoms with Crippen LogP contribution in [0.1, 0.15) is 11.1 Å². The number of rotatable bonds is 9. The lowest BCUT2D eigenvalue weighted by atomic mass is 10.0. The molecule has 0 bridgehead atoms. The van der Waals surface area contributed by atoms with Crippen LogP contribution in [0.25, 0.3) is 0 Å². The summed E-state index contributed by atoms with van der Waals surface area (Å²) in [6.07, 6.45) is 0.907. The van der Waals surface area contributed by atoms with Gasteiger partial charge < -0.3 is 24.0 Å². The summed E-state index contributed by atoms with van der Waals surface area (Å²) in [6, 6.07) is 25.3. The van der Waals surface area contributed by atoms with Crippen molar-refractivity contribution in [1.29, 1.82) is 0 Å². The van der Waals surface area contributed by atoms with Crippen molar-refractivity contribution in [3.8, 4) is 17.2 Å². The summed E-state index contributed by atoms with van der Waals surface area (Å²) in [4.78, 5) is 4.58. The van der Waals surface area contributed by atoms with E-state index in [-0.39, 0.29) is 6.04 Å². The largest absolute Gasteiger partial charge is 0.497 e. The highest BCUT2D eigenvalue weighted by atomic mass is 16.5. The second-order valence-corrected chi connectivity index (χ2v) is 8.41. The number of para-hydroxylation sites is 2. The van der Waals surface area contributed by atoms with Gasteiger partial charge in [-0.1, -0.05) is 36.4 Å². The quantitative estimate of drug-likeness (QED) is 0.492. The average Bonchev–Trinajstić information content (AvgIpc) is 2.82. The normalized spacial score (nSPS) is 15.2. The summed E-state index contributed by atoms with van der Waals surface area (Å²) >= 11 is 0. The smallest absolute Gasteiger partial charge is 0.142 e. The van der Waals surface area contributed by atoms with Crippen molar-refractivity contribution in [3.63, 3.8) is 0 Å². The summed E-state index contributed by atoms with van der Waals surface area (Å²) in [6.45, 7) is 3.07. The van der Waals surface area contributed by atoms with Crippen LogP contribution in [0.4, 0.5) is 5.69 Å². The van der Waals surface area contributed by atoms with Crippen molar-refractivity contribution < 1.29 is 14.2 Å². The highest BCUT2D eigenvalue weighted by molar-refractivity contribution is 5.61. The lowest BCUT2D eigenvalue weighted by molar-refractivity contribution is 0.259. The minimum Gasteiger partial charge on any atom is -0.497 e. The van der Waals surface area contributed by atoms with Crippen LogP contribution in [-0.4, -0.2) is 51.9 Å². The Kier molecular flexibility index (Phi) is 7.17. The van der Waals surface area contributed by atoms with Gasteiger partial charge in [-0.3, -0.25) is 0 Å². The molecule has 32 heavy (non-hydrogen) atoms. The molecule has 1 aliphatic heterocycles. The maximum Gasteiger partial charge on any atom is 0.142 e. The highest BCUT2D eigenvalue weighted by Gasteiger charge is 2.27. The first-order chi connectivity index (χ1) is 15.6. The number of ether oxygens (including phenoxy) is 3. The first kappa shape index (κ1) is 22.0. The second-order valence-electron chi connectivity index (χ2n) is 8.41.